The monoisotopic (exact) mass is 243 g/mol. The average molecular weight is 244 g/mol. The van der Waals surface area contributed by atoms with Crippen molar-refractivity contribution >= 4 is 28.0 Å². The Hall–Kier alpha value is -1.16. The average Bonchev–Trinajstić information content (AvgIpc) is 2.02. The summed E-state index contributed by atoms with van der Waals surface area (Å²) in [6, 6.07) is 3.98. The number of carboxylic acid groups (broad SMARTS) is 1. The molecule has 0 saturated heterocycles. The summed E-state index contributed by atoms with van der Waals surface area (Å²) in [5, 5.41) is 10.1. The Morgan fingerprint density at radius 3 is 2.77 bits per heavy atom. The van der Waals surface area contributed by atoms with Crippen molar-refractivity contribution in [2.24, 2.45) is 0 Å². The zero-order chi connectivity index (χ0) is 9.84. The standard InChI is InChI=1S/C9H6BrFO2/c10-8-5-7(11)3-1-6(8)2-4-9(12)13/h1-5H,(H,12,13)/p-1/b4-2-. The summed E-state index contributed by atoms with van der Waals surface area (Å²) in [4.78, 5) is 10.1. The maximum Gasteiger partial charge on any atom is 0.124 e. The first-order valence-corrected chi connectivity index (χ1v) is 4.23. The summed E-state index contributed by atoms with van der Waals surface area (Å²) in [7, 11) is 0. The van der Waals surface area contributed by atoms with Crippen LogP contribution in [0, 0.1) is 5.82 Å². The van der Waals surface area contributed by atoms with Crippen LogP contribution in [0.3, 0.4) is 0 Å². The summed E-state index contributed by atoms with van der Waals surface area (Å²) in [5.41, 5.74) is 0.589. The van der Waals surface area contributed by atoms with E-state index in [9.17, 15) is 14.3 Å². The first-order valence-electron chi connectivity index (χ1n) is 3.43. The van der Waals surface area contributed by atoms with E-state index in [1.807, 2.05) is 0 Å². The van der Waals surface area contributed by atoms with E-state index in [1.165, 1.54) is 24.3 Å². The molecule has 2 nitrogen and oxygen atoms in total. The lowest BCUT2D eigenvalue weighted by Gasteiger charge is -1.98. The molecule has 0 unspecified atom stereocenters. The van der Waals surface area contributed by atoms with Gasteiger partial charge in [0.1, 0.15) is 5.82 Å². The van der Waals surface area contributed by atoms with Gasteiger partial charge in [0.25, 0.3) is 0 Å². The maximum atomic E-state index is 12.6. The van der Waals surface area contributed by atoms with Crippen LogP contribution in [0.1, 0.15) is 5.56 Å². The topological polar surface area (TPSA) is 40.1 Å². The van der Waals surface area contributed by atoms with E-state index in [4.69, 9.17) is 0 Å². The van der Waals surface area contributed by atoms with E-state index in [2.05, 4.69) is 15.9 Å². The molecule has 0 aliphatic rings. The molecule has 0 spiro atoms. The molecule has 0 aliphatic heterocycles. The number of hydrogen-bond donors (Lipinski definition) is 0. The maximum absolute atomic E-state index is 12.6. The third-order valence-electron chi connectivity index (χ3n) is 1.36. The molecule has 4 heteroatoms. The zero-order valence-corrected chi connectivity index (χ0v) is 8.05. The van der Waals surface area contributed by atoms with Crippen molar-refractivity contribution < 1.29 is 14.3 Å². The second kappa shape index (κ2) is 4.18. The quantitative estimate of drug-likeness (QED) is 0.736. The van der Waals surface area contributed by atoms with Crippen LogP contribution in [-0.4, -0.2) is 5.97 Å². The van der Waals surface area contributed by atoms with Gasteiger partial charge in [-0.2, -0.15) is 0 Å². The molecule has 0 amide bonds. The Labute approximate surface area is 82.8 Å². The van der Waals surface area contributed by atoms with Crippen molar-refractivity contribution in [1.82, 2.24) is 0 Å². The highest BCUT2D eigenvalue weighted by Gasteiger charge is 1.96. The Morgan fingerprint density at radius 2 is 2.23 bits per heavy atom. The van der Waals surface area contributed by atoms with E-state index in [0.717, 1.165) is 6.08 Å². The van der Waals surface area contributed by atoms with Gasteiger partial charge in [0.15, 0.2) is 0 Å². The number of aliphatic carboxylic acids is 1. The second-order valence-electron chi connectivity index (χ2n) is 2.32. The van der Waals surface area contributed by atoms with Gasteiger partial charge in [-0.3, -0.25) is 0 Å². The van der Waals surface area contributed by atoms with Gasteiger partial charge in [0.05, 0.1) is 5.97 Å². The van der Waals surface area contributed by atoms with Crippen molar-refractivity contribution in [2.75, 3.05) is 0 Å². The van der Waals surface area contributed by atoms with Crippen LogP contribution in [0.25, 0.3) is 6.08 Å². The van der Waals surface area contributed by atoms with Crippen molar-refractivity contribution in [3.8, 4) is 0 Å². The lowest BCUT2D eigenvalue weighted by Crippen LogP contribution is -2.18. The van der Waals surface area contributed by atoms with Crippen LogP contribution >= 0.6 is 15.9 Å². The minimum atomic E-state index is -1.28. The van der Waals surface area contributed by atoms with Gasteiger partial charge in [0.2, 0.25) is 0 Å². The number of halogens is 2. The summed E-state index contributed by atoms with van der Waals surface area (Å²) in [6.45, 7) is 0. The normalized spacial score (nSPS) is 10.6. The minimum Gasteiger partial charge on any atom is -0.545 e. The predicted octanol–water partition coefficient (Wildman–Crippen LogP) is 1.35. The number of carbonyl (C=O) groups excluding carboxylic acids is 1. The summed E-state index contributed by atoms with van der Waals surface area (Å²) in [5.74, 6) is -1.66. The molecule has 0 N–H and O–H groups in total. The van der Waals surface area contributed by atoms with Crippen LogP contribution in [0.4, 0.5) is 4.39 Å². The molecule has 13 heavy (non-hydrogen) atoms. The van der Waals surface area contributed by atoms with Crippen molar-refractivity contribution in [2.45, 2.75) is 0 Å². The highest BCUT2D eigenvalue weighted by molar-refractivity contribution is 9.10. The molecule has 0 aromatic heterocycles. The smallest absolute Gasteiger partial charge is 0.124 e. The zero-order valence-electron chi connectivity index (χ0n) is 6.46. The van der Waals surface area contributed by atoms with Crippen molar-refractivity contribution in [3.63, 3.8) is 0 Å². The molecule has 1 aromatic rings. The van der Waals surface area contributed by atoms with Gasteiger partial charge in [-0.05, 0) is 23.8 Å². The summed E-state index contributed by atoms with van der Waals surface area (Å²) in [6.07, 6.45) is 2.22. The number of hydrogen-bond acceptors (Lipinski definition) is 2. The predicted molar refractivity (Wildman–Crippen MR) is 48.1 cm³/mol. The first-order chi connectivity index (χ1) is 6.09. The molecule has 1 rings (SSSR count). The number of carbonyl (C=O) groups is 1. The Bertz CT molecular complexity index is 361. The summed E-state index contributed by atoms with van der Waals surface area (Å²) >= 11 is 3.09. The SMILES string of the molecule is O=C([O-])/C=C\c1ccc(F)cc1Br. The third-order valence-corrected chi connectivity index (χ3v) is 2.05. The van der Waals surface area contributed by atoms with Crippen LogP contribution in [-0.2, 0) is 4.79 Å². The molecular formula is C9H5BrFO2-. The molecule has 0 heterocycles. The lowest BCUT2D eigenvalue weighted by atomic mass is 10.2. The van der Waals surface area contributed by atoms with Gasteiger partial charge < -0.3 is 9.90 Å². The van der Waals surface area contributed by atoms with E-state index >= 15 is 0 Å². The van der Waals surface area contributed by atoms with Crippen LogP contribution in [0.2, 0.25) is 0 Å². The summed E-state index contributed by atoms with van der Waals surface area (Å²) < 4.78 is 13.1. The fourth-order valence-corrected chi connectivity index (χ4v) is 1.28. The number of carboxylic acids is 1. The third kappa shape index (κ3) is 2.99. The molecule has 0 bridgehead atoms. The number of rotatable bonds is 2. The molecule has 0 atom stereocenters. The Morgan fingerprint density at radius 1 is 1.54 bits per heavy atom. The Kier molecular flexibility index (Phi) is 3.19. The molecular weight excluding hydrogens is 239 g/mol. The fraction of sp³-hybridized carbons (Fsp3) is 0. The molecule has 0 saturated carbocycles. The van der Waals surface area contributed by atoms with E-state index in [0.29, 0.717) is 10.0 Å². The minimum absolute atomic E-state index is 0.377. The van der Waals surface area contributed by atoms with E-state index < -0.39 is 5.97 Å². The van der Waals surface area contributed by atoms with Gasteiger partial charge in [0, 0.05) is 4.47 Å². The molecule has 1 aromatic carbocycles. The molecule has 0 aliphatic carbocycles. The van der Waals surface area contributed by atoms with Gasteiger partial charge in [-0.15, -0.1) is 0 Å². The highest BCUT2D eigenvalue weighted by atomic mass is 79.9. The molecule has 68 valence electrons. The van der Waals surface area contributed by atoms with E-state index in [-0.39, 0.29) is 5.82 Å². The van der Waals surface area contributed by atoms with Crippen LogP contribution in [0.15, 0.2) is 28.7 Å². The van der Waals surface area contributed by atoms with Gasteiger partial charge >= 0.3 is 0 Å². The fourth-order valence-electron chi connectivity index (χ4n) is 0.794. The number of benzene rings is 1. The van der Waals surface area contributed by atoms with E-state index in [1.54, 1.807) is 0 Å². The molecule has 0 radical (unpaired) electrons. The molecule has 0 fully saturated rings. The largest absolute Gasteiger partial charge is 0.545 e. The van der Waals surface area contributed by atoms with Gasteiger partial charge in [-0.1, -0.05) is 28.1 Å². The lowest BCUT2D eigenvalue weighted by molar-refractivity contribution is -0.297. The highest BCUT2D eigenvalue weighted by Crippen LogP contribution is 2.18. The van der Waals surface area contributed by atoms with Crippen molar-refractivity contribution in [1.29, 1.82) is 0 Å². The van der Waals surface area contributed by atoms with Crippen molar-refractivity contribution in [3.05, 3.63) is 40.1 Å². The Balaban J connectivity index is 2.96. The van der Waals surface area contributed by atoms with Gasteiger partial charge in [-0.25, -0.2) is 4.39 Å². The first kappa shape index (κ1) is 9.92. The second-order valence-corrected chi connectivity index (χ2v) is 3.17. The van der Waals surface area contributed by atoms with Crippen LogP contribution < -0.4 is 5.11 Å². The van der Waals surface area contributed by atoms with Crippen LogP contribution in [0.5, 0.6) is 0 Å².